The van der Waals surface area contributed by atoms with Gasteiger partial charge in [0.2, 0.25) is 0 Å². The largest absolute Gasteiger partial charge is 0.416 e. The van der Waals surface area contributed by atoms with Crippen molar-refractivity contribution in [2.45, 2.75) is 37.5 Å². The van der Waals surface area contributed by atoms with E-state index >= 15 is 0 Å². The summed E-state index contributed by atoms with van der Waals surface area (Å²) in [5.41, 5.74) is -1.37. The summed E-state index contributed by atoms with van der Waals surface area (Å²) in [6, 6.07) is 4.80. The molecular weight excluding hydrogens is 258 g/mol. The maximum Gasteiger partial charge on any atom is 0.416 e. The summed E-state index contributed by atoms with van der Waals surface area (Å²) >= 11 is 0. The van der Waals surface area contributed by atoms with Crippen LogP contribution in [0.4, 0.5) is 17.6 Å². The SMILES string of the molecule is FC1(Cc2ccc(C(F)(F)F)cc2)CCCNCC1. The molecule has 1 aromatic carbocycles. The number of hydrogen-bond acceptors (Lipinski definition) is 1. The summed E-state index contributed by atoms with van der Waals surface area (Å²) in [6.45, 7) is 1.43. The molecule has 5 heteroatoms. The summed E-state index contributed by atoms with van der Waals surface area (Å²) in [7, 11) is 0. The molecule has 1 aliphatic rings. The Labute approximate surface area is 110 Å². The summed E-state index contributed by atoms with van der Waals surface area (Å²) in [5, 5.41) is 3.13. The van der Waals surface area contributed by atoms with Crippen molar-refractivity contribution in [1.29, 1.82) is 0 Å². The Hall–Kier alpha value is -1.10. The number of benzene rings is 1. The van der Waals surface area contributed by atoms with Gasteiger partial charge >= 0.3 is 6.18 Å². The second-order valence-corrected chi connectivity index (χ2v) is 5.13. The number of rotatable bonds is 2. The minimum atomic E-state index is -4.34. The van der Waals surface area contributed by atoms with Crippen molar-refractivity contribution in [3.8, 4) is 0 Å². The van der Waals surface area contributed by atoms with Crippen LogP contribution in [-0.4, -0.2) is 18.8 Å². The van der Waals surface area contributed by atoms with E-state index in [1.165, 1.54) is 12.1 Å². The quantitative estimate of drug-likeness (QED) is 0.811. The highest BCUT2D eigenvalue weighted by molar-refractivity contribution is 5.25. The lowest BCUT2D eigenvalue weighted by Crippen LogP contribution is -2.27. The molecule has 0 amide bonds. The fourth-order valence-electron chi connectivity index (χ4n) is 2.45. The fraction of sp³-hybridized carbons (Fsp3) is 0.571. The molecule has 1 atom stereocenters. The van der Waals surface area contributed by atoms with Gasteiger partial charge in [0, 0.05) is 6.42 Å². The van der Waals surface area contributed by atoms with Gasteiger partial charge in [-0.3, -0.25) is 0 Å². The van der Waals surface area contributed by atoms with Crippen LogP contribution < -0.4 is 5.32 Å². The van der Waals surface area contributed by atoms with Crippen molar-refractivity contribution in [3.63, 3.8) is 0 Å². The first-order valence-corrected chi connectivity index (χ1v) is 6.45. The first kappa shape index (κ1) is 14.3. The molecular formula is C14H17F4N. The van der Waals surface area contributed by atoms with Gasteiger partial charge in [-0.1, -0.05) is 12.1 Å². The second kappa shape index (κ2) is 5.49. The van der Waals surface area contributed by atoms with E-state index in [1.54, 1.807) is 0 Å². The van der Waals surface area contributed by atoms with E-state index in [4.69, 9.17) is 0 Å². The predicted octanol–water partition coefficient (Wildman–Crippen LogP) is 3.73. The predicted molar refractivity (Wildman–Crippen MR) is 65.7 cm³/mol. The van der Waals surface area contributed by atoms with Crippen LogP contribution in [0, 0.1) is 0 Å². The maximum atomic E-state index is 14.6. The smallest absolute Gasteiger partial charge is 0.317 e. The van der Waals surface area contributed by atoms with E-state index in [0.717, 1.165) is 25.1 Å². The zero-order valence-electron chi connectivity index (χ0n) is 10.6. The molecule has 19 heavy (non-hydrogen) atoms. The molecule has 1 nitrogen and oxygen atoms in total. The number of hydrogen-bond donors (Lipinski definition) is 1. The molecule has 0 aliphatic carbocycles. The van der Waals surface area contributed by atoms with Crippen molar-refractivity contribution < 1.29 is 17.6 Å². The van der Waals surface area contributed by atoms with E-state index in [9.17, 15) is 17.6 Å². The molecule has 1 heterocycles. The summed E-state index contributed by atoms with van der Waals surface area (Å²) in [4.78, 5) is 0. The van der Waals surface area contributed by atoms with E-state index in [-0.39, 0.29) is 6.42 Å². The molecule has 0 aromatic heterocycles. The Morgan fingerprint density at radius 2 is 1.74 bits per heavy atom. The summed E-state index contributed by atoms with van der Waals surface area (Å²) in [5.74, 6) is 0. The first-order valence-electron chi connectivity index (χ1n) is 6.45. The molecule has 1 aromatic rings. The molecule has 1 saturated heterocycles. The molecule has 0 radical (unpaired) electrons. The van der Waals surface area contributed by atoms with Gasteiger partial charge in [-0.05, 0) is 50.0 Å². The summed E-state index contributed by atoms with van der Waals surface area (Å²) in [6.07, 6.45) is -2.52. The third-order valence-corrected chi connectivity index (χ3v) is 3.53. The monoisotopic (exact) mass is 275 g/mol. The van der Waals surface area contributed by atoms with Crippen LogP contribution in [0.25, 0.3) is 0 Å². The second-order valence-electron chi connectivity index (χ2n) is 5.13. The number of nitrogens with one attached hydrogen (secondary N) is 1. The lowest BCUT2D eigenvalue weighted by atomic mass is 9.89. The highest BCUT2D eigenvalue weighted by Gasteiger charge is 2.32. The van der Waals surface area contributed by atoms with Crippen LogP contribution in [0.3, 0.4) is 0 Å². The minimum Gasteiger partial charge on any atom is -0.317 e. The van der Waals surface area contributed by atoms with Crippen LogP contribution >= 0.6 is 0 Å². The Balaban J connectivity index is 2.06. The van der Waals surface area contributed by atoms with Gasteiger partial charge in [-0.25, -0.2) is 4.39 Å². The zero-order chi connectivity index (χ0) is 13.9. The van der Waals surface area contributed by atoms with Gasteiger partial charge < -0.3 is 5.32 Å². The van der Waals surface area contributed by atoms with Gasteiger partial charge in [0.25, 0.3) is 0 Å². The Kier molecular flexibility index (Phi) is 4.13. The number of halogens is 4. The van der Waals surface area contributed by atoms with E-state index < -0.39 is 17.4 Å². The normalized spacial score (nSPS) is 25.1. The zero-order valence-corrected chi connectivity index (χ0v) is 10.6. The highest BCUT2D eigenvalue weighted by atomic mass is 19.4. The average Bonchev–Trinajstić information content (AvgIpc) is 2.53. The summed E-state index contributed by atoms with van der Waals surface area (Å²) < 4.78 is 51.9. The standard InChI is InChI=1S/C14H17F4N/c15-13(6-1-8-19-9-7-13)10-11-2-4-12(5-3-11)14(16,17)18/h2-5,19H,1,6-10H2. The van der Waals surface area contributed by atoms with Crippen molar-refractivity contribution in [1.82, 2.24) is 5.32 Å². The molecule has 0 spiro atoms. The lowest BCUT2D eigenvalue weighted by Gasteiger charge is -2.23. The van der Waals surface area contributed by atoms with Crippen molar-refractivity contribution >= 4 is 0 Å². The average molecular weight is 275 g/mol. The van der Waals surface area contributed by atoms with Crippen LogP contribution in [-0.2, 0) is 12.6 Å². The van der Waals surface area contributed by atoms with E-state index in [1.807, 2.05) is 0 Å². The molecule has 1 N–H and O–H groups in total. The van der Waals surface area contributed by atoms with Gasteiger partial charge in [0.1, 0.15) is 5.67 Å². The van der Waals surface area contributed by atoms with Crippen LogP contribution in [0.2, 0.25) is 0 Å². The Morgan fingerprint density at radius 3 is 2.37 bits per heavy atom. The highest BCUT2D eigenvalue weighted by Crippen LogP contribution is 2.32. The molecule has 106 valence electrons. The molecule has 2 rings (SSSR count). The van der Waals surface area contributed by atoms with Crippen LogP contribution in [0.1, 0.15) is 30.4 Å². The molecule has 0 bridgehead atoms. The minimum absolute atomic E-state index is 0.187. The van der Waals surface area contributed by atoms with Gasteiger partial charge in [-0.15, -0.1) is 0 Å². The maximum absolute atomic E-state index is 14.6. The van der Waals surface area contributed by atoms with Crippen molar-refractivity contribution in [3.05, 3.63) is 35.4 Å². The molecule has 1 aliphatic heterocycles. The topological polar surface area (TPSA) is 12.0 Å². The van der Waals surface area contributed by atoms with E-state index in [2.05, 4.69) is 5.32 Å². The Bertz CT molecular complexity index is 402. The van der Waals surface area contributed by atoms with Crippen molar-refractivity contribution in [2.75, 3.05) is 13.1 Å². The lowest BCUT2D eigenvalue weighted by molar-refractivity contribution is -0.137. The number of alkyl halides is 4. The van der Waals surface area contributed by atoms with Crippen LogP contribution in [0.15, 0.2) is 24.3 Å². The Morgan fingerprint density at radius 1 is 1.05 bits per heavy atom. The molecule has 0 saturated carbocycles. The fourth-order valence-corrected chi connectivity index (χ4v) is 2.45. The van der Waals surface area contributed by atoms with Crippen LogP contribution in [0.5, 0.6) is 0 Å². The first-order chi connectivity index (χ1) is 8.89. The van der Waals surface area contributed by atoms with E-state index in [0.29, 0.717) is 24.9 Å². The van der Waals surface area contributed by atoms with Gasteiger partial charge in [-0.2, -0.15) is 13.2 Å². The van der Waals surface area contributed by atoms with Gasteiger partial charge in [0.05, 0.1) is 5.56 Å². The molecule has 1 fully saturated rings. The molecule has 1 unspecified atom stereocenters. The third-order valence-electron chi connectivity index (χ3n) is 3.53. The third kappa shape index (κ3) is 3.93. The van der Waals surface area contributed by atoms with Crippen molar-refractivity contribution in [2.24, 2.45) is 0 Å². The van der Waals surface area contributed by atoms with Gasteiger partial charge in [0.15, 0.2) is 0 Å².